The summed E-state index contributed by atoms with van der Waals surface area (Å²) in [6, 6.07) is 4.56. The molecule has 3 heterocycles. The van der Waals surface area contributed by atoms with Crippen LogP contribution >= 0.6 is 11.3 Å². The molecule has 0 radical (unpaired) electrons. The smallest absolute Gasteiger partial charge is 0.0579 e. The molecule has 0 amide bonds. The lowest BCUT2D eigenvalue weighted by atomic mass is 9.83. The minimum Gasteiger partial charge on any atom is -0.314 e. The SMILES string of the molecule is CN1CCC(c2cccs2)(N2CCNCC2)CC1. The fourth-order valence-corrected chi connectivity index (χ4v) is 4.36. The van der Waals surface area contributed by atoms with E-state index < -0.39 is 0 Å². The summed E-state index contributed by atoms with van der Waals surface area (Å²) >= 11 is 1.94. The summed E-state index contributed by atoms with van der Waals surface area (Å²) < 4.78 is 0. The molecule has 2 aliphatic heterocycles. The lowest BCUT2D eigenvalue weighted by Crippen LogP contribution is -2.57. The number of likely N-dealkylation sites (tertiary alicyclic amines) is 1. The molecule has 1 N–H and O–H groups in total. The summed E-state index contributed by atoms with van der Waals surface area (Å²) in [6.07, 6.45) is 2.56. The number of nitrogens with zero attached hydrogens (tertiary/aromatic N) is 2. The van der Waals surface area contributed by atoms with Crippen LogP contribution in [0.4, 0.5) is 0 Å². The number of piperazine rings is 1. The van der Waals surface area contributed by atoms with Gasteiger partial charge in [0.1, 0.15) is 0 Å². The maximum Gasteiger partial charge on any atom is 0.0579 e. The van der Waals surface area contributed by atoms with E-state index in [0.717, 1.165) is 13.1 Å². The Kier molecular flexibility index (Phi) is 3.71. The van der Waals surface area contributed by atoms with Crippen LogP contribution in [0.15, 0.2) is 17.5 Å². The van der Waals surface area contributed by atoms with Crippen LogP contribution in [0.1, 0.15) is 17.7 Å². The average Bonchev–Trinajstić information content (AvgIpc) is 2.95. The van der Waals surface area contributed by atoms with E-state index in [2.05, 4.69) is 39.7 Å². The molecule has 0 saturated carbocycles. The van der Waals surface area contributed by atoms with Crippen LogP contribution in [0.2, 0.25) is 0 Å². The molecule has 0 unspecified atom stereocenters. The molecule has 1 aromatic heterocycles. The fraction of sp³-hybridized carbons (Fsp3) is 0.714. The van der Waals surface area contributed by atoms with Crippen LogP contribution in [0, 0.1) is 0 Å². The first-order valence-electron chi connectivity index (χ1n) is 7.00. The Labute approximate surface area is 114 Å². The Morgan fingerprint density at radius 2 is 1.89 bits per heavy atom. The van der Waals surface area contributed by atoms with Gasteiger partial charge in [0.15, 0.2) is 0 Å². The molecule has 100 valence electrons. The van der Waals surface area contributed by atoms with Crippen molar-refractivity contribution in [2.24, 2.45) is 0 Å². The first-order chi connectivity index (χ1) is 8.81. The van der Waals surface area contributed by atoms with Gasteiger partial charge in [-0.3, -0.25) is 4.90 Å². The van der Waals surface area contributed by atoms with E-state index in [1.54, 1.807) is 4.88 Å². The topological polar surface area (TPSA) is 18.5 Å². The van der Waals surface area contributed by atoms with Gasteiger partial charge in [0, 0.05) is 31.1 Å². The van der Waals surface area contributed by atoms with Crippen LogP contribution in [0.25, 0.3) is 0 Å². The van der Waals surface area contributed by atoms with Crippen molar-refractivity contribution < 1.29 is 0 Å². The molecule has 2 aliphatic rings. The van der Waals surface area contributed by atoms with E-state index in [9.17, 15) is 0 Å². The van der Waals surface area contributed by atoms with Crippen molar-refractivity contribution in [2.45, 2.75) is 18.4 Å². The summed E-state index contributed by atoms with van der Waals surface area (Å²) in [5.74, 6) is 0. The Morgan fingerprint density at radius 3 is 2.50 bits per heavy atom. The summed E-state index contributed by atoms with van der Waals surface area (Å²) in [7, 11) is 2.25. The summed E-state index contributed by atoms with van der Waals surface area (Å²) in [6.45, 7) is 7.12. The van der Waals surface area contributed by atoms with Crippen LogP contribution in [0.5, 0.6) is 0 Å². The van der Waals surface area contributed by atoms with Crippen LogP contribution < -0.4 is 5.32 Å². The minimum absolute atomic E-state index is 0.322. The van der Waals surface area contributed by atoms with Gasteiger partial charge in [-0.1, -0.05) is 6.07 Å². The number of piperidine rings is 1. The number of rotatable bonds is 2. The Bertz CT molecular complexity index is 362. The number of thiophene rings is 1. The lowest BCUT2D eigenvalue weighted by molar-refractivity contribution is 0.0182. The summed E-state index contributed by atoms with van der Waals surface area (Å²) in [5.41, 5.74) is 0.322. The molecule has 4 heteroatoms. The van der Waals surface area contributed by atoms with Gasteiger partial charge in [0.25, 0.3) is 0 Å². The quantitative estimate of drug-likeness (QED) is 0.876. The molecule has 0 atom stereocenters. The highest BCUT2D eigenvalue weighted by atomic mass is 32.1. The zero-order chi connectivity index (χ0) is 12.4. The van der Waals surface area contributed by atoms with E-state index in [1.165, 1.54) is 39.0 Å². The first-order valence-corrected chi connectivity index (χ1v) is 7.87. The largest absolute Gasteiger partial charge is 0.314 e. The molecule has 0 bridgehead atoms. The molecule has 2 saturated heterocycles. The van der Waals surface area contributed by atoms with Gasteiger partial charge < -0.3 is 10.2 Å². The zero-order valence-corrected chi connectivity index (χ0v) is 12.0. The van der Waals surface area contributed by atoms with Crippen LogP contribution in [-0.4, -0.2) is 56.1 Å². The van der Waals surface area contributed by atoms with Crippen molar-refractivity contribution in [3.8, 4) is 0 Å². The Balaban J connectivity index is 1.87. The molecule has 0 aromatic carbocycles. The van der Waals surface area contributed by atoms with Crippen molar-refractivity contribution in [1.82, 2.24) is 15.1 Å². The van der Waals surface area contributed by atoms with E-state index in [0.29, 0.717) is 5.54 Å². The molecule has 18 heavy (non-hydrogen) atoms. The van der Waals surface area contributed by atoms with Crippen molar-refractivity contribution in [2.75, 3.05) is 46.3 Å². The van der Waals surface area contributed by atoms with Crippen molar-refractivity contribution >= 4 is 11.3 Å². The second-order valence-electron chi connectivity index (χ2n) is 5.55. The van der Waals surface area contributed by atoms with Crippen LogP contribution in [0.3, 0.4) is 0 Å². The fourth-order valence-electron chi connectivity index (χ4n) is 3.34. The zero-order valence-electron chi connectivity index (χ0n) is 11.2. The van der Waals surface area contributed by atoms with Gasteiger partial charge in [-0.15, -0.1) is 11.3 Å². The summed E-state index contributed by atoms with van der Waals surface area (Å²) in [4.78, 5) is 6.79. The van der Waals surface area contributed by atoms with Crippen LogP contribution in [-0.2, 0) is 5.54 Å². The molecule has 3 rings (SSSR count). The molecule has 1 aromatic rings. The molecule has 3 nitrogen and oxygen atoms in total. The highest BCUT2D eigenvalue weighted by Crippen LogP contribution is 2.40. The monoisotopic (exact) mass is 265 g/mol. The van der Waals surface area contributed by atoms with Gasteiger partial charge in [-0.05, 0) is 44.4 Å². The lowest BCUT2D eigenvalue weighted by Gasteiger charge is -2.49. The molecule has 0 aliphatic carbocycles. The number of nitrogens with one attached hydrogen (secondary N) is 1. The normalized spacial score (nSPS) is 26.3. The second kappa shape index (κ2) is 5.29. The predicted octanol–water partition coefficient (Wildman–Crippen LogP) is 1.57. The van der Waals surface area contributed by atoms with E-state index in [4.69, 9.17) is 0 Å². The average molecular weight is 265 g/mol. The van der Waals surface area contributed by atoms with Gasteiger partial charge in [-0.2, -0.15) is 0 Å². The first kappa shape index (κ1) is 12.6. The number of hydrogen-bond acceptors (Lipinski definition) is 4. The van der Waals surface area contributed by atoms with E-state index in [-0.39, 0.29) is 0 Å². The molecular formula is C14H23N3S. The van der Waals surface area contributed by atoms with Gasteiger partial charge in [0.05, 0.1) is 5.54 Å². The predicted molar refractivity (Wildman–Crippen MR) is 77.2 cm³/mol. The Morgan fingerprint density at radius 1 is 1.17 bits per heavy atom. The molecular weight excluding hydrogens is 242 g/mol. The standard InChI is InChI=1S/C14H23N3S/c1-16-8-4-14(5-9-16,13-3-2-12-18-13)17-10-6-15-7-11-17/h2-3,12,15H,4-11H2,1H3. The Hall–Kier alpha value is -0.420. The highest BCUT2D eigenvalue weighted by Gasteiger charge is 2.41. The molecule has 0 spiro atoms. The van der Waals surface area contributed by atoms with Crippen molar-refractivity contribution in [1.29, 1.82) is 0 Å². The van der Waals surface area contributed by atoms with Crippen molar-refractivity contribution in [3.63, 3.8) is 0 Å². The highest BCUT2D eigenvalue weighted by molar-refractivity contribution is 7.10. The van der Waals surface area contributed by atoms with E-state index in [1.807, 2.05) is 11.3 Å². The van der Waals surface area contributed by atoms with Crippen molar-refractivity contribution in [3.05, 3.63) is 22.4 Å². The maximum absolute atomic E-state index is 3.48. The third-order valence-corrected chi connectivity index (χ3v) is 5.58. The summed E-state index contributed by atoms with van der Waals surface area (Å²) in [5, 5.41) is 5.71. The maximum atomic E-state index is 3.48. The number of hydrogen-bond donors (Lipinski definition) is 1. The third kappa shape index (κ3) is 2.23. The third-order valence-electron chi connectivity index (χ3n) is 4.52. The second-order valence-corrected chi connectivity index (χ2v) is 6.50. The van der Waals surface area contributed by atoms with Gasteiger partial charge in [0.2, 0.25) is 0 Å². The van der Waals surface area contributed by atoms with Gasteiger partial charge in [-0.25, -0.2) is 0 Å². The van der Waals surface area contributed by atoms with E-state index >= 15 is 0 Å². The molecule has 2 fully saturated rings. The minimum atomic E-state index is 0.322. The van der Waals surface area contributed by atoms with Gasteiger partial charge >= 0.3 is 0 Å².